The van der Waals surface area contributed by atoms with E-state index in [-0.39, 0.29) is 11.9 Å². The van der Waals surface area contributed by atoms with Gasteiger partial charge in [-0.25, -0.2) is 0 Å². The number of nitrogens with one attached hydrogen (secondary N) is 1. The molecule has 0 bridgehead atoms. The third-order valence-electron chi connectivity index (χ3n) is 4.37. The average Bonchev–Trinajstić information content (AvgIpc) is 2.62. The van der Waals surface area contributed by atoms with Crippen LogP contribution in [-0.4, -0.2) is 24.6 Å². The summed E-state index contributed by atoms with van der Waals surface area (Å²) in [6.07, 6.45) is 4.64. The Kier molecular flexibility index (Phi) is 5.53. The van der Waals surface area contributed by atoms with Gasteiger partial charge in [-0.05, 0) is 43.5 Å². The second-order valence-corrected chi connectivity index (χ2v) is 6.32. The minimum absolute atomic E-state index is 0.0279. The second-order valence-electron chi connectivity index (χ2n) is 6.32. The first kappa shape index (κ1) is 17.3. The average molecular weight is 340 g/mol. The molecule has 0 saturated heterocycles. The Bertz CT molecular complexity index is 731. The van der Waals surface area contributed by atoms with Crippen LogP contribution in [-0.2, 0) is 11.2 Å². The van der Waals surface area contributed by atoms with Crippen molar-refractivity contribution in [2.45, 2.75) is 38.6 Å². The van der Waals surface area contributed by atoms with E-state index in [2.05, 4.69) is 16.4 Å². The SMILES string of the molecule is COc1cc(C)cc2c1OCC[C@@H]2NC(=O)CCCc1ccccn1. The van der Waals surface area contributed by atoms with Crippen molar-refractivity contribution in [2.24, 2.45) is 0 Å². The minimum atomic E-state index is -0.0279. The van der Waals surface area contributed by atoms with Gasteiger partial charge >= 0.3 is 0 Å². The van der Waals surface area contributed by atoms with Crippen molar-refractivity contribution >= 4 is 5.91 Å². The number of amides is 1. The number of nitrogens with zero attached hydrogens (tertiary/aromatic N) is 1. The summed E-state index contributed by atoms with van der Waals surface area (Å²) < 4.78 is 11.2. The van der Waals surface area contributed by atoms with Crippen molar-refractivity contribution in [3.63, 3.8) is 0 Å². The van der Waals surface area contributed by atoms with Crippen molar-refractivity contribution in [3.05, 3.63) is 53.3 Å². The van der Waals surface area contributed by atoms with E-state index in [0.717, 1.165) is 47.6 Å². The van der Waals surface area contributed by atoms with Gasteiger partial charge in [-0.2, -0.15) is 0 Å². The Morgan fingerprint density at radius 1 is 1.40 bits per heavy atom. The van der Waals surface area contributed by atoms with Crippen molar-refractivity contribution in [1.82, 2.24) is 10.3 Å². The predicted molar refractivity (Wildman–Crippen MR) is 95.9 cm³/mol. The van der Waals surface area contributed by atoms with Crippen LogP contribution in [0.5, 0.6) is 11.5 Å². The lowest BCUT2D eigenvalue weighted by molar-refractivity contribution is -0.122. The smallest absolute Gasteiger partial charge is 0.220 e. The summed E-state index contributed by atoms with van der Waals surface area (Å²) in [6.45, 7) is 2.59. The van der Waals surface area contributed by atoms with E-state index < -0.39 is 0 Å². The molecule has 1 aromatic carbocycles. The highest BCUT2D eigenvalue weighted by Crippen LogP contribution is 2.40. The number of carbonyl (C=O) groups excluding carboxylic acids is 1. The first-order chi connectivity index (χ1) is 12.2. The summed E-state index contributed by atoms with van der Waals surface area (Å²) in [5.41, 5.74) is 3.11. The molecule has 1 aliphatic rings. The molecule has 132 valence electrons. The lowest BCUT2D eigenvalue weighted by Crippen LogP contribution is -2.32. The van der Waals surface area contributed by atoms with Crippen LogP contribution < -0.4 is 14.8 Å². The van der Waals surface area contributed by atoms with Gasteiger partial charge in [0, 0.05) is 30.3 Å². The van der Waals surface area contributed by atoms with Crippen LogP contribution in [0.1, 0.15) is 42.1 Å². The van der Waals surface area contributed by atoms with Crippen LogP contribution in [0.15, 0.2) is 36.5 Å². The highest BCUT2D eigenvalue weighted by Gasteiger charge is 2.26. The molecule has 2 heterocycles. The topological polar surface area (TPSA) is 60.5 Å². The van der Waals surface area contributed by atoms with Crippen LogP contribution in [0.2, 0.25) is 0 Å². The zero-order chi connectivity index (χ0) is 17.6. The van der Waals surface area contributed by atoms with Gasteiger partial charge in [-0.3, -0.25) is 9.78 Å². The molecule has 1 atom stereocenters. The fourth-order valence-corrected chi connectivity index (χ4v) is 3.16. The van der Waals surface area contributed by atoms with E-state index in [1.165, 1.54) is 0 Å². The first-order valence-corrected chi connectivity index (χ1v) is 8.68. The molecule has 25 heavy (non-hydrogen) atoms. The lowest BCUT2D eigenvalue weighted by Gasteiger charge is -2.28. The lowest BCUT2D eigenvalue weighted by atomic mass is 9.97. The number of hydrogen-bond donors (Lipinski definition) is 1. The number of carbonyl (C=O) groups is 1. The predicted octanol–water partition coefficient (Wildman–Crippen LogP) is 3.36. The summed E-state index contributed by atoms with van der Waals surface area (Å²) >= 11 is 0. The van der Waals surface area contributed by atoms with Crippen LogP contribution in [0.25, 0.3) is 0 Å². The molecule has 2 aromatic rings. The standard InChI is InChI=1S/C20H24N2O3/c1-14-12-16-17(9-11-25-20(16)18(13-14)24-2)22-19(23)8-5-7-15-6-3-4-10-21-15/h3-4,6,10,12-13,17H,5,7-9,11H2,1-2H3,(H,22,23)/t17-/m0/s1. The number of methoxy groups -OCH3 is 1. The molecule has 0 spiro atoms. The third-order valence-corrected chi connectivity index (χ3v) is 4.37. The van der Waals surface area contributed by atoms with E-state index in [1.807, 2.05) is 31.2 Å². The Balaban J connectivity index is 1.60. The zero-order valence-electron chi connectivity index (χ0n) is 14.7. The summed E-state index contributed by atoms with van der Waals surface area (Å²) in [5.74, 6) is 1.54. The largest absolute Gasteiger partial charge is 0.493 e. The number of hydrogen-bond acceptors (Lipinski definition) is 4. The van der Waals surface area contributed by atoms with E-state index in [4.69, 9.17) is 9.47 Å². The third kappa shape index (κ3) is 4.29. The van der Waals surface area contributed by atoms with Crippen molar-refractivity contribution in [1.29, 1.82) is 0 Å². The van der Waals surface area contributed by atoms with Crippen LogP contribution >= 0.6 is 0 Å². The summed E-state index contributed by atoms with van der Waals surface area (Å²) in [7, 11) is 1.64. The van der Waals surface area contributed by atoms with Gasteiger partial charge in [0.05, 0.1) is 19.8 Å². The van der Waals surface area contributed by atoms with E-state index >= 15 is 0 Å². The molecule has 0 aliphatic carbocycles. The summed E-state index contributed by atoms with van der Waals surface area (Å²) in [6, 6.07) is 9.85. The van der Waals surface area contributed by atoms with Gasteiger partial charge in [-0.15, -0.1) is 0 Å². The molecular weight excluding hydrogens is 316 g/mol. The van der Waals surface area contributed by atoms with E-state index in [9.17, 15) is 4.79 Å². The quantitative estimate of drug-likeness (QED) is 0.876. The van der Waals surface area contributed by atoms with E-state index in [0.29, 0.717) is 13.0 Å². The number of pyridine rings is 1. The second kappa shape index (κ2) is 8.01. The Hall–Kier alpha value is -2.56. The van der Waals surface area contributed by atoms with Gasteiger partial charge in [0.15, 0.2) is 11.5 Å². The molecule has 5 heteroatoms. The minimum Gasteiger partial charge on any atom is -0.493 e. The maximum Gasteiger partial charge on any atom is 0.220 e. The number of fused-ring (bicyclic) bond motifs is 1. The van der Waals surface area contributed by atoms with Gasteiger partial charge < -0.3 is 14.8 Å². The van der Waals surface area contributed by atoms with Crippen LogP contribution in [0, 0.1) is 6.92 Å². The molecule has 1 aromatic heterocycles. The Morgan fingerprint density at radius 2 is 2.28 bits per heavy atom. The number of ether oxygens (including phenoxy) is 2. The Labute approximate surface area is 148 Å². The summed E-state index contributed by atoms with van der Waals surface area (Å²) in [4.78, 5) is 16.6. The van der Waals surface area contributed by atoms with Crippen LogP contribution in [0.4, 0.5) is 0 Å². The molecule has 1 N–H and O–H groups in total. The molecule has 1 aliphatic heterocycles. The number of rotatable bonds is 6. The molecule has 5 nitrogen and oxygen atoms in total. The molecule has 1 amide bonds. The molecule has 0 unspecified atom stereocenters. The zero-order valence-corrected chi connectivity index (χ0v) is 14.7. The number of aromatic nitrogens is 1. The molecule has 0 saturated carbocycles. The number of aryl methyl sites for hydroxylation is 2. The van der Waals surface area contributed by atoms with Gasteiger partial charge in [0.1, 0.15) is 0 Å². The fourth-order valence-electron chi connectivity index (χ4n) is 3.16. The van der Waals surface area contributed by atoms with E-state index in [1.54, 1.807) is 13.3 Å². The maximum absolute atomic E-state index is 12.3. The highest BCUT2D eigenvalue weighted by molar-refractivity contribution is 5.76. The van der Waals surface area contributed by atoms with Crippen molar-refractivity contribution in [3.8, 4) is 11.5 Å². The number of benzene rings is 1. The van der Waals surface area contributed by atoms with Crippen LogP contribution in [0.3, 0.4) is 0 Å². The Morgan fingerprint density at radius 3 is 3.04 bits per heavy atom. The van der Waals surface area contributed by atoms with Crippen molar-refractivity contribution < 1.29 is 14.3 Å². The normalized spacial score (nSPS) is 15.8. The van der Waals surface area contributed by atoms with Crippen molar-refractivity contribution in [2.75, 3.05) is 13.7 Å². The molecule has 3 rings (SSSR count). The van der Waals surface area contributed by atoms with Gasteiger partial charge in [-0.1, -0.05) is 12.1 Å². The summed E-state index contributed by atoms with van der Waals surface area (Å²) in [5, 5.41) is 3.14. The van der Waals surface area contributed by atoms with Gasteiger partial charge in [0.2, 0.25) is 5.91 Å². The monoisotopic (exact) mass is 340 g/mol. The molecule has 0 fully saturated rings. The molecular formula is C20H24N2O3. The highest BCUT2D eigenvalue weighted by atomic mass is 16.5. The van der Waals surface area contributed by atoms with Gasteiger partial charge in [0.25, 0.3) is 0 Å². The first-order valence-electron chi connectivity index (χ1n) is 8.68. The fraction of sp³-hybridized carbons (Fsp3) is 0.400. The molecule has 0 radical (unpaired) electrons. The maximum atomic E-state index is 12.3.